The summed E-state index contributed by atoms with van der Waals surface area (Å²) in [5.41, 5.74) is 3.19. The molecule has 1 aliphatic rings. The summed E-state index contributed by atoms with van der Waals surface area (Å²) in [5.74, 6) is 0.779. The highest BCUT2D eigenvalue weighted by molar-refractivity contribution is 5.88. The van der Waals surface area contributed by atoms with Gasteiger partial charge in [-0.25, -0.2) is 4.68 Å². The Morgan fingerprint density at radius 2 is 2.00 bits per heavy atom. The van der Waals surface area contributed by atoms with E-state index in [1.165, 1.54) is 5.56 Å². The number of para-hydroxylation sites is 1. The Kier molecular flexibility index (Phi) is 2.96. The molecule has 1 heterocycles. The van der Waals surface area contributed by atoms with Gasteiger partial charge in [0.2, 0.25) is 0 Å². The minimum Gasteiger partial charge on any atom is -0.496 e. The third-order valence-electron chi connectivity index (χ3n) is 4.29. The number of nitrogens with zero attached hydrogens (tertiary/aromatic N) is 2. The molecule has 2 aromatic carbocycles. The van der Waals surface area contributed by atoms with E-state index in [1.807, 2.05) is 36.4 Å². The van der Waals surface area contributed by atoms with Gasteiger partial charge >= 0.3 is 0 Å². The standard InChI is InChI=1S/C18H16N2O2/c1-22-16-8-3-2-5-13(16)11-20-18(21)14-7-4-6-12-9-10-15(19-20)17(12)14/h2-8H,9-11H2,1H3. The first-order chi connectivity index (χ1) is 10.8. The summed E-state index contributed by atoms with van der Waals surface area (Å²) in [6.07, 6.45) is 1.87. The maximum atomic E-state index is 12.7. The normalized spacial score (nSPS) is 12.8. The van der Waals surface area contributed by atoms with Crippen molar-refractivity contribution in [1.82, 2.24) is 9.78 Å². The van der Waals surface area contributed by atoms with Gasteiger partial charge in [-0.1, -0.05) is 30.3 Å². The number of hydrogen-bond donors (Lipinski definition) is 0. The smallest absolute Gasteiger partial charge is 0.274 e. The summed E-state index contributed by atoms with van der Waals surface area (Å²) < 4.78 is 6.93. The van der Waals surface area contributed by atoms with Gasteiger partial charge in [0.15, 0.2) is 0 Å². The fourth-order valence-electron chi connectivity index (χ4n) is 3.24. The van der Waals surface area contributed by atoms with Crippen molar-refractivity contribution in [3.8, 4) is 5.75 Å². The average Bonchev–Trinajstić information content (AvgIpc) is 2.97. The van der Waals surface area contributed by atoms with Crippen LogP contribution in [0.25, 0.3) is 10.8 Å². The largest absolute Gasteiger partial charge is 0.496 e. The predicted octanol–water partition coefficient (Wildman–Crippen LogP) is 2.55. The summed E-state index contributed by atoms with van der Waals surface area (Å²) in [7, 11) is 1.64. The van der Waals surface area contributed by atoms with Crippen LogP contribution >= 0.6 is 0 Å². The van der Waals surface area contributed by atoms with E-state index in [-0.39, 0.29) is 5.56 Å². The fourth-order valence-corrected chi connectivity index (χ4v) is 3.24. The van der Waals surface area contributed by atoms with Crippen molar-refractivity contribution in [2.24, 2.45) is 0 Å². The lowest BCUT2D eigenvalue weighted by Crippen LogP contribution is -2.24. The molecule has 0 spiro atoms. The lowest BCUT2D eigenvalue weighted by atomic mass is 10.1. The number of ether oxygens (including phenoxy) is 1. The molecule has 0 saturated heterocycles. The molecule has 0 N–H and O–H groups in total. The molecule has 0 bridgehead atoms. The van der Waals surface area contributed by atoms with Crippen LogP contribution in [0.4, 0.5) is 0 Å². The Morgan fingerprint density at radius 3 is 2.86 bits per heavy atom. The lowest BCUT2D eigenvalue weighted by Gasteiger charge is -2.11. The number of rotatable bonds is 3. The fraction of sp³-hybridized carbons (Fsp3) is 0.222. The molecule has 110 valence electrons. The first-order valence-corrected chi connectivity index (χ1v) is 7.41. The topological polar surface area (TPSA) is 44.1 Å². The summed E-state index contributed by atoms with van der Waals surface area (Å²) >= 11 is 0. The van der Waals surface area contributed by atoms with Crippen LogP contribution in [-0.2, 0) is 19.4 Å². The van der Waals surface area contributed by atoms with Gasteiger partial charge in [0.25, 0.3) is 5.56 Å². The maximum absolute atomic E-state index is 12.7. The minimum absolute atomic E-state index is 0.0339. The molecule has 4 nitrogen and oxygen atoms in total. The maximum Gasteiger partial charge on any atom is 0.274 e. The van der Waals surface area contributed by atoms with E-state index >= 15 is 0 Å². The van der Waals surface area contributed by atoms with Crippen molar-refractivity contribution in [3.63, 3.8) is 0 Å². The molecule has 0 radical (unpaired) electrons. The predicted molar refractivity (Wildman–Crippen MR) is 85.5 cm³/mol. The van der Waals surface area contributed by atoms with E-state index in [9.17, 15) is 4.79 Å². The highest BCUT2D eigenvalue weighted by Crippen LogP contribution is 2.27. The number of benzene rings is 2. The average molecular weight is 292 g/mol. The molecular formula is C18H16N2O2. The van der Waals surface area contributed by atoms with Crippen molar-refractivity contribution in [2.75, 3.05) is 7.11 Å². The second-order valence-corrected chi connectivity index (χ2v) is 5.56. The van der Waals surface area contributed by atoms with Crippen LogP contribution in [0.3, 0.4) is 0 Å². The second kappa shape index (κ2) is 4.98. The molecule has 1 aromatic heterocycles. The Balaban J connectivity index is 1.88. The van der Waals surface area contributed by atoms with Crippen LogP contribution in [-0.4, -0.2) is 16.9 Å². The highest BCUT2D eigenvalue weighted by atomic mass is 16.5. The van der Waals surface area contributed by atoms with Gasteiger partial charge in [-0.2, -0.15) is 5.10 Å². The van der Waals surface area contributed by atoms with E-state index < -0.39 is 0 Å². The first-order valence-electron chi connectivity index (χ1n) is 7.41. The molecule has 1 aliphatic carbocycles. The zero-order chi connectivity index (χ0) is 15.1. The molecule has 0 aliphatic heterocycles. The first kappa shape index (κ1) is 13.1. The van der Waals surface area contributed by atoms with E-state index in [2.05, 4.69) is 11.2 Å². The summed E-state index contributed by atoms with van der Waals surface area (Å²) in [6, 6.07) is 13.7. The molecule has 0 unspecified atom stereocenters. The van der Waals surface area contributed by atoms with Crippen molar-refractivity contribution in [3.05, 3.63) is 69.6 Å². The van der Waals surface area contributed by atoms with Gasteiger partial charge in [-0.3, -0.25) is 4.79 Å². The Labute approximate surface area is 128 Å². The lowest BCUT2D eigenvalue weighted by molar-refractivity contribution is 0.406. The Bertz CT molecular complexity index is 928. The van der Waals surface area contributed by atoms with E-state index in [0.717, 1.165) is 40.6 Å². The van der Waals surface area contributed by atoms with Crippen molar-refractivity contribution < 1.29 is 4.74 Å². The molecule has 0 saturated carbocycles. The molecule has 4 heteroatoms. The zero-order valence-electron chi connectivity index (χ0n) is 12.4. The van der Waals surface area contributed by atoms with Crippen molar-refractivity contribution in [2.45, 2.75) is 19.4 Å². The Hall–Kier alpha value is -2.62. The third kappa shape index (κ3) is 1.91. The van der Waals surface area contributed by atoms with Crippen LogP contribution < -0.4 is 10.3 Å². The molecule has 4 rings (SSSR count). The molecule has 0 amide bonds. The molecular weight excluding hydrogens is 276 g/mol. The van der Waals surface area contributed by atoms with Gasteiger partial charge in [-0.15, -0.1) is 0 Å². The summed E-state index contributed by atoms with van der Waals surface area (Å²) in [5, 5.41) is 6.42. The highest BCUT2D eigenvalue weighted by Gasteiger charge is 2.19. The van der Waals surface area contributed by atoms with Crippen LogP contribution in [0.2, 0.25) is 0 Å². The second-order valence-electron chi connectivity index (χ2n) is 5.56. The number of aryl methyl sites for hydroxylation is 2. The quantitative estimate of drug-likeness (QED) is 0.745. The molecule has 0 fully saturated rings. The SMILES string of the molecule is COc1ccccc1Cn1nc2c3c(cccc3c1=O)CC2. The van der Waals surface area contributed by atoms with E-state index in [4.69, 9.17) is 4.74 Å². The van der Waals surface area contributed by atoms with Crippen LogP contribution in [0.5, 0.6) is 5.75 Å². The Morgan fingerprint density at radius 1 is 1.14 bits per heavy atom. The molecule has 0 atom stereocenters. The van der Waals surface area contributed by atoms with E-state index in [1.54, 1.807) is 11.8 Å². The summed E-state index contributed by atoms with van der Waals surface area (Å²) in [6.45, 7) is 0.427. The number of aromatic nitrogens is 2. The van der Waals surface area contributed by atoms with Gasteiger partial charge < -0.3 is 4.74 Å². The number of hydrogen-bond acceptors (Lipinski definition) is 3. The molecule has 22 heavy (non-hydrogen) atoms. The third-order valence-corrected chi connectivity index (χ3v) is 4.29. The van der Waals surface area contributed by atoms with Gasteiger partial charge in [-0.05, 0) is 30.5 Å². The summed E-state index contributed by atoms with van der Waals surface area (Å²) in [4.78, 5) is 12.7. The van der Waals surface area contributed by atoms with Crippen molar-refractivity contribution in [1.29, 1.82) is 0 Å². The van der Waals surface area contributed by atoms with Crippen LogP contribution in [0.15, 0.2) is 47.3 Å². The van der Waals surface area contributed by atoms with Gasteiger partial charge in [0.1, 0.15) is 5.75 Å². The number of methoxy groups -OCH3 is 1. The van der Waals surface area contributed by atoms with Crippen LogP contribution in [0, 0.1) is 0 Å². The van der Waals surface area contributed by atoms with Gasteiger partial charge in [0, 0.05) is 10.9 Å². The van der Waals surface area contributed by atoms with E-state index in [0.29, 0.717) is 6.54 Å². The monoisotopic (exact) mass is 292 g/mol. The zero-order valence-corrected chi connectivity index (χ0v) is 12.4. The minimum atomic E-state index is -0.0339. The van der Waals surface area contributed by atoms with Crippen LogP contribution in [0.1, 0.15) is 16.8 Å². The van der Waals surface area contributed by atoms with Crippen molar-refractivity contribution >= 4 is 10.8 Å². The molecule has 3 aromatic rings. The van der Waals surface area contributed by atoms with Gasteiger partial charge in [0.05, 0.1) is 24.7 Å².